The number of methoxy groups -OCH3 is 1. The van der Waals surface area contributed by atoms with Crippen molar-refractivity contribution >= 4 is 58.3 Å². The maximum absolute atomic E-state index is 12.2. The first-order valence-corrected chi connectivity index (χ1v) is 16.3. The van der Waals surface area contributed by atoms with Crippen molar-refractivity contribution in [3.8, 4) is 35.1 Å². The number of rotatable bonds is 4. The van der Waals surface area contributed by atoms with E-state index in [2.05, 4.69) is 43.6 Å². The number of hydrogen-bond donors (Lipinski definition) is 1. The first-order valence-electron chi connectivity index (χ1n) is 14.8. The maximum atomic E-state index is 12.2. The van der Waals surface area contributed by atoms with Gasteiger partial charge >= 0.3 is 5.97 Å². The summed E-state index contributed by atoms with van der Waals surface area (Å²) < 4.78 is 8.15. The highest BCUT2D eigenvalue weighted by molar-refractivity contribution is 6.31. The second-order valence-electron chi connectivity index (χ2n) is 10.5. The van der Waals surface area contributed by atoms with Gasteiger partial charge in [0.15, 0.2) is 0 Å². The molecule has 1 amide bonds. The standard InChI is InChI=1S/C19H13Cl2N3O2.C18H12Cl2N4O/c1-12-16(7-6-13-8-9-22-17(21)10-13)23-18(19(25)26-2)24(12)15-5-3-4-14(20)11-15;1-11-15(6-5-12-7-8-22-16(20)9-12)23-18(17(21)25)24(11)14-4-2-3-13(19)10-14/h3-5,8-11H,1-2H3;2-4,7-10H,1H3,(H2,21,25). The molecular weight excluding hydrogens is 732 g/mol. The number of carbonyl (C=O) groups excluding carboxylic acids is 2. The molecule has 254 valence electrons. The molecule has 0 radical (unpaired) electrons. The molecule has 0 aliphatic heterocycles. The van der Waals surface area contributed by atoms with Crippen LogP contribution in [-0.4, -0.2) is 48.1 Å². The molecule has 4 aromatic heterocycles. The van der Waals surface area contributed by atoms with Crippen LogP contribution < -0.4 is 5.73 Å². The molecule has 10 nitrogen and oxygen atoms in total. The molecule has 2 aromatic carbocycles. The van der Waals surface area contributed by atoms with Gasteiger partial charge in [-0.25, -0.2) is 24.7 Å². The lowest BCUT2D eigenvalue weighted by molar-refractivity contribution is 0.0584. The van der Waals surface area contributed by atoms with E-state index in [1.807, 2.05) is 26.0 Å². The number of pyridine rings is 2. The van der Waals surface area contributed by atoms with Gasteiger partial charge in [-0.3, -0.25) is 13.9 Å². The first-order chi connectivity index (χ1) is 24.4. The van der Waals surface area contributed by atoms with Gasteiger partial charge in [0.05, 0.1) is 18.5 Å². The second-order valence-corrected chi connectivity index (χ2v) is 12.1. The van der Waals surface area contributed by atoms with Gasteiger partial charge in [-0.1, -0.05) is 70.4 Å². The molecule has 0 unspecified atom stereocenters. The van der Waals surface area contributed by atoms with Crippen LogP contribution in [-0.2, 0) is 4.74 Å². The van der Waals surface area contributed by atoms with Crippen molar-refractivity contribution < 1.29 is 14.3 Å². The van der Waals surface area contributed by atoms with Crippen molar-refractivity contribution in [1.29, 1.82) is 0 Å². The Bertz CT molecular complexity index is 2420. The summed E-state index contributed by atoms with van der Waals surface area (Å²) >= 11 is 23.8. The largest absolute Gasteiger partial charge is 0.463 e. The highest BCUT2D eigenvalue weighted by Gasteiger charge is 2.21. The number of imidazole rings is 2. The van der Waals surface area contributed by atoms with Crippen LogP contribution >= 0.6 is 46.4 Å². The predicted octanol–water partition coefficient (Wildman–Crippen LogP) is 7.45. The highest BCUT2D eigenvalue weighted by atomic mass is 35.5. The van der Waals surface area contributed by atoms with Crippen molar-refractivity contribution in [2.75, 3.05) is 7.11 Å². The van der Waals surface area contributed by atoms with E-state index in [4.69, 9.17) is 56.9 Å². The summed E-state index contributed by atoms with van der Waals surface area (Å²) in [6.07, 6.45) is 3.14. The number of aromatic nitrogens is 6. The molecule has 0 bridgehead atoms. The topological polar surface area (TPSA) is 131 Å². The van der Waals surface area contributed by atoms with Crippen LogP contribution in [0.5, 0.6) is 0 Å². The third kappa shape index (κ3) is 8.95. The molecule has 0 saturated carbocycles. The summed E-state index contributed by atoms with van der Waals surface area (Å²) in [4.78, 5) is 40.4. The van der Waals surface area contributed by atoms with E-state index < -0.39 is 11.9 Å². The van der Waals surface area contributed by atoms with E-state index in [-0.39, 0.29) is 11.6 Å². The fourth-order valence-corrected chi connectivity index (χ4v) is 5.44. The van der Waals surface area contributed by atoms with Crippen molar-refractivity contribution in [3.63, 3.8) is 0 Å². The smallest absolute Gasteiger partial charge is 0.374 e. The van der Waals surface area contributed by atoms with Crippen molar-refractivity contribution in [1.82, 2.24) is 29.1 Å². The summed E-state index contributed by atoms with van der Waals surface area (Å²) in [7, 11) is 1.30. The number of ether oxygens (including phenoxy) is 1. The zero-order valence-electron chi connectivity index (χ0n) is 27.1. The zero-order chi connectivity index (χ0) is 36.7. The van der Waals surface area contributed by atoms with Gasteiger partial charge in [-0.2, -0.15) is 0 Å². The Morgan fingerprint density at radius 2 is 1.12 bits per heavy atom. The summed E-state index contributed by atoms with van der Waals surface area (Å²) in [5.74, 6) is 10.9. The summed E-state index contributed by atoms with van der Waals surface area (Å²) in [5, 5.41) is 1.80. The Hall–Kier alpha value is -5.62. The summed E-state index contributed by atoms with van der Waals surface area (Å²) in [5.41, 5.74) is 10.5. The maximum Gasteiger partial charge on any atom is 0.374 e. The summed E-state index contributed by atoms with van der Waals surface area (Å²) in [6, 6.07) is 20.9. The number of nitrogens with zero attached hydrogens (tertiary/aromatic N) is 6. The molecular formula is C37H25Cl4N7O3. The van der Waals surface area contributed by atoms with Gasteiger partial charge in [0, 0.05) is 44.9 Å². The molecule has 6 aromatic rings. The molecule has 0 saturated heterocycles. The third-order valence-electron chi connectivity index (χ3n) is 7.04. The molecule has 0 fully saturated rings. The van der Waals surface area contributed by atoms with E-state index in [1.165, 1.54) is 7.11 Å². The van der Waals surface area contributed by atoms with Crippen LogP contribution in [0, 0.1) is 37.5 Å². The molecule has 0 aliphatic rings. The van der Waals surface area contributed by atoms with E-state index in [0.29, 0.717) is 65.6 Å². The Balaban J connectivity index is 0.000000198. The monoisotopic (exact) mass is 755 g/mol. The average Bonchev–Trinajstić information content (AvgIpc) is 3.62. The minimum absolute atomic E-state index is 0.0943. The van der Waals surface area contributed by atoms with Crippen molar-refractivity contribution in [2.24, 2.45) is 5.73 Å². The minimum atomic E-state index is -0.650. The lowest BCUT2D eigenvalue weighted by Crippen LogP contribution is -2.17. The van der Waals surface area contributed by atoms with Crippen LogP contribution in [0.1, 0.15) is 55.1 Å². The van der Waals surface area contributed by atoms with Crippen LogP contribution in [0.15, 0.2) is 85.2 Å². The predicted molar refractivity (Wildman–Crippen MR) is 197 cm³/mol. The van der Waals surface area contributed by atoms with Gasteiger partial charge in [0.2, 0.25) is 11.6 Å². The van der Waals surface area contributed by atoms with Crippen LogP contribution in [0.3, 0.4) is 0 Å². The molecule has 2 N–H and O–H groups in total. The second kappa shape index (κ2) is 16.4. The fourth-order valence-electron chi connectivity index (χ4n) is 4.72. The summed E-state index contributed by atoms with van der Waals surface area (Å²) in [6.45, 7) is 3.63. The molecule has 6 rings (SSSR count). The molecule has 51 heavy (non-hydrogen) atoms. The Morgan fingerprint density at radius 3 is 1.53 bits per heavy atom. The molecule has 0 aliphatic carbocycles. The van der Waals surface area contributed by atoms with Gasteiger partial charge in [0.25, 0.3) is 5.91 Å². The normalized spacial score (nSPS) is 10.2. The fraction of sp³-hybridized carbons (Fsp3) is 0.0811. The molecule has 0 spiro atoms. The molecule has 14 heteroatoms. The SMILES string of the molecule is COC(=O)c1nc(C#Cc2ccnc(Cl)c2)c(C)n1-c1cccc(Cl)c1.Cc1c(C#Cc2ccnc(Cl)c2)nc(C(N)=O)n1-c1cccc(Cl)c1. The molecule has 4 heterocycles. The zero-order valence-corrected chi connectivity index (χ0v) is 30.1. The molecule has 0 atom stereocenters. The number of primary amides is 1. The van der Waals surface area contributed by atoms with Gasteiger partial charge < -0.3 is 10.5 Å². The minimum Gasteiger partial charge on any atom is -0.463 e. The van der Waals surface area contributed by atoms with Gasteiger partial charge in [-0.05, 0) is 86.4 Å². The van der Waals surface area contributed by atoms with Gasteiger partial charge in [0.1, 0.15) is 21.7 Å². The number of esters is 1. The Labute approximate surface area is 313 Å². The average molecular weight is 757 g/mol. The van der Waals surface area contributed by atoms with Crippen LogP contribution in [0.25, 0.3) is 11.4 Å². The number of carbonyl (C=O) groups is 2. The number of benzene rings is 2. The van der Waals surface area contributed by atoms with Crippen LogP contribution in [0.2, 0.25) is 20.4 Å². The van der Waals surface area contributed by atoms with E-state index >= 15 is 0 Å². The van der Waals surface area contributed by atoms with E-state index in [9.17, 15) is 9.59 Å². The third-order valence-corrected chi connectivity index (χ3v) is 7.92. The van der Waals surface area contributed by atoms with E-state index in [0.717, 1.165) is 0 Å². The number of hydrogen-bond acceptors (Lipinski definition) is 7. The first kappa shape index (κ1) is 36.7. The Morgan fingerprint density at radius 1 is 0.667 bits per heavy atom. The lowest BCUT2D eigenvalue weighted by Gasteiger charge is -2.09. The highest BCUT2D eigenvalue weighted by Crippen LogP contribution is 2.23. The van der Waals surface area contributed by atoms with Gasteiger partial charge in [-0.15, -0.1) is 0 Å². The lowest BCUT2D eigenvalue weighted by atomic mass is 10.2. The van der Waals surface area contributed by atoms with Crippen molar-refractivity contribution in [2.45, 2.75) is 13.8 Å². The van der Waals surface area contributed by atoms with Crippen molar-refractivity contribution in [3.05, 3.63) is 151 Å². The Kier molecular flexibility index (Phi) is 11.8. The number of halogens is 4. The number of amides is 1. The van der Waals surface area contributed by atoms with Crippen LogP contribution in [0.4, 0.5) is 0 Å². The quantitative estimate of drug-likeness (QED) is 0.112. The van der Waals surface area contributed by atoms with E-state index in [1.54, 1.807) is 82.2 Å². The number of nitrogens with two attached hydrogens (primary N) is 1.